The molecule has 0 bridgehead atoms. The van der Waals surface area contributed by atoms with E-state index in [0.29, 0.717) is 12.8 Å². The second kappa shape index (κ2) is 4.07. The SMILES string of the molecule is CC1(C)C[C@](C)(O)C[C@@](C)(O)[C@H]1c1ccccc1. The molecule has 0 unspecified atom stereocenters. The summed E-state index contributed by atoms with van der Waals surface area (Å²) >= 11 is 0. The zero-order valence-electron chi connectivity index (χ0n) is 11.8. The van der Waals surface area contributed by atoms with Gasteiger partial charge in [0.2, 0.25) is 0 Å². The third-order valence-electron chi connectivity index (χ3n) is 4.11. The molecule has 2 rings (SSSR count). The Morgan fingerprint density at radius 3 is 2.00 bits per heavy atom. The lowest BCUT2D eigenvalue weighted by Gasteiger charge is -2.53. The summed E-state index contributed by atoms with van der Waals surface area (Å²) in [6.07, 6.45) is 1.12. The van der Waals surface area contributed by atoms with Crippen LogP contribution in [0.4, 0.5) is 0 Å². The van der Waals surface area contributed by atoms with Crippen LogP contribution >= 0.6 is 0 Å². The molecule has 1 aliphatic carbocycles. The van der Waals surface area contributed by atoms with Crippen molar-refractivity contribution in [3.8, 4) is 0 Å². The number of hydrogen-bond donors (Lipinski definition) is 2. The zero-order chi connectivity index (χ0) is 13.6. The molecule has 0 aliphatic heterocycles. The van der Waals surface area contributed by atoms with Crippen molar-refractivity contribution in [3.63, 3.8) is 0 Å². The van der Waals surface area contributed by atoms with Crippen LogP contribution in [0.5, 0.6) is 0 Å². The Balaban J connectivity index is 2.45. The molecule has 0 amide bonds. The molecule has 0 saturated heterocycles. The highest BCUT2D eigenvalue weighted by Gasteiger charge is 2.53. The van der Waals surface area contributed by atoms with Gasteiger partial charge in [-0.3, -0.25) is 0 Å². The van der Waals surface area contributed by atoms with Gasteiger partial charge in [0.1, 0.15) is 0 Å². The summed E-state index contributed by atoms with van der Waals surface area (Å²) in [5, 5.41) is 21.1. The Labute approximate surface area is 110 Å². The lowest BCUT2D eigenvalue weighted by atomic mass is 9.55. The fourth-order valence-corrected chi connectivity index (χ4v) is 4.32. The van der Waals surface area contributed by atoms with E-state index >= 15 is 0 Å². The molecule has 3 atom stereocenters. The van der Waals surface area contributed by atoms with E-state index in [1.807, 2.05) is 32.0 Å². The van der Waals surface area contributed by atoms with E-state index < -0.39 is 11.2 Å². The maximum absolute atomic E-state index is 10.8. The average Bonchev–Trinajstić information content (AvgIpc) is 2.12. The standard InChI is InChI=1S/C16H24O2/c1-14(2)10-15(3,17)11-16(4,18)13(14)12-8-6-5-7-9-12/h5-9,13,17-18H,10-11H2,1-4H3/t13-,15-,16+/m0/s1. The van der Waals surface area contributed by atoms with Gasteiger partial charge in [-0.25, -0.2) is 0 Å². The Hall–Kier alpha value is -0.860. The molecule has 1 aliphatic rings. The fourth-order valence-electron chi connectivity index (χ4n) is 4.32. The van der Waals surface area contributed by atoms with Gasteiger partial charge >= 0.3 is 0 Å². The van der Waals surface area contributed by atoms with E-state index in [1.54, 1.807) is 0 Å². The summed E-state index contributed by atoms with van der Waals surface area (Å²) in [6.45, 7) is 7.93. The minimum absolute atomic E-state index is 0.0476. The highest BCUT2D eigenvalue weighted by molar-refractivity contribution is 5.27. The van der Waals surface area contributed by atoms with Crippen molar-refractivity contribution in [2.45, 2.75) is 57.7 Å². The number of rotatable bonds is 1. The summed E-state index contributed by atoms with van der Waals surface area (Å²) < 4.78 is 0. The first kappa shape index (κ1) is 13.6. The van der Waals surface area contributed by atoms with E-state index in [1.165, 1.54) is 0 Å². The van der Waals surface area contributed by atoms with Gasteiger partial charge in [0.25, 0.3) is 0 Å². The van der Waals surface area contributed by atoms with Gasteiger partial charge in [-0.15, -0.1) is 0 Å². The van der Waals surface area contributed by atoms with E-state index in [-0.39, 0.29) is 11.3 Å². The first-order chi connectivity index (χ1) is 8.14. The molecule has 1 fully saturated rings. The molecule has 0 spiro atoms. The molecule has 2 heteroatoms. The predicted octanol–water partition coefficient (Wildman–Crippen LogP) is 3.09. The van der Waals surface area contributed by atoms with Crippen LogP contribution in [0.3, 0.4) is 0 Å². The van der Waals surface area contributed by atoms with Crippen molar-refractivity contribution in [2.75, 3.05) is 0 Å². The molecule has 0 aromatic heterocycles. The molecule has 0 heterocycles. The van der Waals surface area contributed by atoms with Gasteiger partial charge in [-0.05, 0) is 31.2 Å². The Bertz CT molecular complexity index is 398. The maximum atomic E-state index is 10.8. The van der Waals surface area contributed by atoms with Crippen molar-refractivity contribution in [1.82, 2.24) is 0 Å². The average molecular weight is 248 g/mol. The van der Waals surface area contributed by atoms with Gasteiger partial charge in [-0.2, -0.15) is 0 Å². The van der Waals surface area contributed by atoms with Crippen molar-refractivity contribution in [2.24, 2.45) is 5.41 Å². The monoisotopic (exact) mass is 248 g/mol. The highest BCUT2D eigenvalue weighted by atomic mass is 16.3. The van der Waals surface area contributed by atoms with Crippen molar-refractivity contribution < 1.29 is 10.2 Å². The highest BCUT2D eigenvalue weighted by Crippen LogP contribution is 2.54. The topological polar surface area (TPSA) is 40.5 Å². The molecule has 2 N–H and O–H groups in total. The van der Waals surface area contributed by atoms with Crippen LogP contribution in [0.15, 0.2) is 30.3 Å². The third kappa shape index (κ3) is 2.45. The van der Waals surface area contributed by atoms with Gasteiger partial charge < -0.3 is 10.2 Å². The molecule has 18 heavy (non-hydrogen) atoms. The number of benzene rings is 1. The largest absolute Gasteiger partial charge is 0.390 e. The number of hydrogen-bond acceptors (Lipinski definition) is 2. The van der Waals surface area contributed by atoms with Crippen LogP contribution in [0, 0.1) is 5.41 Å². The number of aliphatic hydroxyl groups is 2. The molecule has 0 radical (unpaired) electrons. The predicted molar refractivity (Wildman–Crippen MR) is 73.4 cm³/mol. The third-order valence-corrected chi connectivity index (χ3v) is 4.11. The maximum Gasteiger partial charge on any atom is 0.0720 e. The van der Waals surface area contributed by atoms with Crippen LogP contribution in [0.2, 0.25) is 0 Å². The van der Waals surface area contributed by atoms with Crippen molar-refractivity contribution in [1.29, 1.82) is 0 Å². The molecular weight excluding hydrogens is 224 g/mol. The van der Waals surface area contributed by atoms with Gasteiger partial charge in [0.15, 0.2) is 0 Å². The normalized spacial score (nSPS) is 39.6. The quantitative estimate of drug-likeness (QED) is 0.801. The van der Waals surface area contributed by atoms with Crippen LogP contribution in [0.25, 0.3) is 0 Å². The minimum Gasteiger partial charge on any atom is -0.390 e. The molecule has 1 saturated carbocycles. The van der Waals surface area contributed by atoms with Gasteiger partial charge in [0, 0.05) is 12.3 Å². The Kier molecular flexibility index (Phi) is 3.07. The first-order valence-corrected chi connectivity index (χ1v) is 6.64. The lowest BCUT2D eigenvalue weighted by molar-refractivity contribution is -0.139. The smallest absolute Gasteiger partial charge is 0.0720 e. The minimum atomic E-state index is -0.882. The van der Waals surface area contributed by atoms with Gasteiger partial charge in [-0.1, -0.05) is 44.2 Å². The second-order valence-electron chi connectivity index (χ2n) is 7.04. The molecule has 100 valence electrons. The first-order valence-electron chi connectivity index (χ1n) is 6.64. The van der Waals surface area contributed by atoms with Crippen molar-refractivity contribution in [3.05, 3.63) is 35.9 Å². The fraction of sp³-hybridized carbons (Fsp3) is 0.625. The molecule has 1 aromatic rings. The molecule has 2 nitrogen and oxygen atoms in total. The summed E-state index contributed by atoms with van der Waals surface area (Å²) in [7, 11) is 0. The Morgan fingerprint density at radius 1 is 0.944 bits per heavy atom. The van der Waals surface area contributed by atoms with E-state index in [9.17, 15) is 10.2 Å². The van der Waals surface area contributed by atoms with Crippen LogP contribution in [0.1, 0.15) is 52.0 Å². The summed E-state index contributed by atoms with van der Waals surface area (Å²) in [6, 6.07) is 10.1. The summed E-state index contributed by atoms with van der Waals surface area (Å²) in [5.41, 5.74) is -0.652. The molecule has 1 aromatic carbocycles. The lowest BCUT2D eigenvalue weighted by Crippen LogP contribution is -2.54. The van der Waals surface area contributed by atoms with E-state index in [4.69, 9.17) is 0 Å². The summed E-state index contributed by atoms with van der Waals surface area (Å²) in [4.78, 5) is 0. The van der Waals surface area contributed by atoms with E-state index in [0.717, 1.165) is 5.56 Å². The van der Waals surface area contributed by atoms with Crippen LogP contribution in [-0.2, 0) is 0 Å². The second-order valence-corrected chi connectivity index (χ2v) is 7.04. The van der Waals surface area contributed by atoms with Crippen LogP contribution in [-0.4, -0.2) is 21.4 Å². The van der Waals surface area contributed by atoms with Gasteiger partial charge in [0.05, 0.1) is 11.2 Å². The Morgan fingerprint density at radius 2 is 1.50 bits per heavy atom. The summed E-state index contributed by atoms with van der Waals surface area (Å²) in [5.74, 6) is 0.0476. The molecular formula is C16H24O2. The van der Waals surface area contributed by atoms with Crippen LogP contribution < -0.4 is 0 Å². The zero-order valence-corrected chi connectivity index (χ0v) is 11.8. The van der Waals surface area contributed by atoms with Crippen molar-refractivity contribution >= 4 is 0 Å². The van der Waals surface area contributed by atoms with E-state index in [2.05, 4.69) is 26.0 Å².